The number of thioether (sulfide) groups is 1. The molecule has 174 valence electrons. The Kier molecular flexibility index (Phi) is 8.40. The minimum Gasteiger partial charge on any atom is -0.496 e. The Morgan fingerprint density at radius 2 is 1.94 bits per heavy atom. The van der Waals surface area contributed by atoms with Gasteiger partial charge in [0.25, 0.3) is 5.91 Å². The molecule has 1 saturated heterocycles. The predicted octanol–water partition coefficient (Wildman–Crippen LogP) is 5.61. The third-order valence-electron chi connectivity index (χ3n) is 5.05. The molecule has 0 aliphatic carbocycles. The Hall–Kier alpha value is -2.55. The van der Waals surface area contributed by atoms with Crippen molar-refractivity contribution in [3.63, 3.8) is 0 Å². The third-order valence-corrected chi connectivity index (χ3v) is 7.03. The van der Waals surface area contributed by atoms with Gasteiger partial charge in [0.15, 0.2) is 0 Å². The van der Waals surface area contributed by atoms with Gasteiger partial charge in [0.1, 0.15) is 22.4 Å². The molecule has 33 heavy (non-hydrogen) atoms. The van der Waals surface area contributed by atoms with Gasteiger partial charge in [-0.25, -0.2) is 0 Å². The second-order valence-corrected chi connectivity index (χ2v) is 9.62. The van der Waals surface area contributed by atoms with Crippen LogP contribution in [0, 0.1) is 13.8 Å². The molecule has 6 nitrogen and oxygen atoms in total. The van der Waals surface area contributed by atoms with E-state index < -0.39 is 5.97 Å². The zero-order chi connectivity index (χ0) is 24.1. The molecule has 3 rings (SSSR count). The van der Waals surface area contributed by atoms with Crippen LogP contribution in [0.4, 0.5) is 0 Å². The molecule has 1 aliphatic rings. The van der Waals surface area contributed by atoms with E-state index in [1.54, 1.807) is 13.2 Å². The number of benzene rings is 2. The molecule has 0 radical (unpaired) electrons. The number of amides is 1. The van der Waals surface area contributed by atoms with Gasteiger partial charge in [-0.2, -0.15) is 0 Å². The normalized spacial score (nSPS) is 14.8. The van der Waals surface area contributed by atoms with Gasteiger partial charge in [0.05, 0.1) is 12.0 Å². The van der Waals surface area contributed by atoms with E-state index in [4.69, 9.17) is 38.4 Å². The number of aliphatic carboxylic acids is 1. The maximum Gasteiger partial charge on any atom is 0.303 e. The van der Waals surface area contributed by atoms with Crippen molar-refractivity contribution < 1.29 is 24.2 Å². The number of carboxylic acids is 1. The first-order chi connectivity index (χ1) is 15.7. The molecule has 1 aliphatic heterocycles. The summed E-state index contributed by atoms with van der Waals surface area (Å²) in [6.45, 7) is 4.43. The molecule has 0 saturated carbocycles. The van der Waals surface area contributed by atoms with E-state index in [-0.39, 0.29) is 25.5 Å². The van der Waals surface area contributed by atoms with Gasteiger partial charge in [-0.1, -0.05) is 41.6 Å². The molecule has 1 fully saturated rings. The lowest BCUT2D eigenvalue weighted by molar-refractivity contribution is -0.137. The van der Waals surface area contributed by atoms with Crippen molar-refractivity contribution in [3.05, 3.63) is 62.5 Å². The molecule has 0 aromatic heterocycles. The first kappa shape index (κ1) is 25.1. The average Bonchev–Trinajstić information content (AvgIpc) is 3.03. The van der Waals surface area contributed by atoms with Crippen molar-refractivity contribution in [3.8, 4) is 11.5 Å². The van der Waals surface area contributed by atoms with Gasteiger partial charge in [-0.15, -0.1) is 0 Å². The fourth-order valence-electron chi connectivity index (χ4n) is 3.38. The van der Waals surface area contributed by atoms with Crippen LogP contribution in [0.2, 0.25) is 5.02 Å². The molecule has 1 heterocycles. The number of rotatable bonds is 9. The number of ether oxygens (including phenoxy) is 2. The Labute approximate surface area is 207 Å². The molecule has 0 unspecified atom stereocenters. The fraction of sp³-hybridized carbons (Fsp3) is 0.292. The van der Waals surface area contributed by atoms with Crippen LogP contribution in [0.25, 0.3) is 6.08 Å². The lowest BCUT2D eigenvalue weighted by Crippen LogP contribution is -2.29. The summed E-state index contributed by atoms with van der Waals surface area (Å²) in [6.07, 6.45) is 2.11. The predicted molar refractivity (Wildman–Crippen MR) is 135 cm³/mol. The van der Waals surface area contributed by atoms with E-state index in [1.807, 2.05) is 44.2 Å². The fourth-order valence-corrected chi connectivity index (χ4v) is 4.80. The molecular formula is C24H24ClNO5S2. The monoisotopic (exact) mass is 505 g/mol. The first-order valence-corrected chi connectivity index (χ1v) is 11.8. The Balaban J connectivity index is 1.76. The zero-order valence-electron chi connectivity index (χ0n) is 18.5. The number of hydrogen-bond acceptors (Lipinski definition) is 6. The molecular weight excluding hydrogens is 482 g/mol. The third kappa shape index (κ3) is 6.28. The number of thiocarbonyl (C=S) groups is 1. The van der Waals surface area contributed by atoms with Crippen molar-refractivity contribution in [2.24, 2.45) is 0 Å². The highest BCUT2D eigenvalue weighted by molar-refractivity contribution is 8.26. The highest BCUT2D eigenvalue weighted by atomic mass is 35.5. The maximum atomic E-state index is 12.7. The number of halogens is 1. The van der Waals surface area contributed by atoms with E-state index in [9.17, 15) is 9.59 Å². The van der Waals surface area contributed by atoms with E-state index in [0.717, 1.165) is 27.3 Å². The van der Waals surface area contributed by atoms with E-state index >= 15 is 0 Å². The van der Waals surface area contributed by atoms with Crippen LogP contribution in [0.1, 0.15) is 35.1 Å². The number of carbonyl (C=O) groups excluding carboxylic acids is 1. The van der Waals surface area contributed by atoms with Gasteiger partial charge in [0.2, 0.25) is 0 Å². The summed E-state index contributed by atoms with van der Waals surface area (Å²) < 4.78 is 11.9. The summed E-state index contributed by atoms with van der Waals surface area (Å²) >= 11 is 12.8. The molecule has 1 N–H and O–H groups in total. The molecule has 0 atom stereocenters. The second kappa shape index (κ2) is 11.0. The van der Waals surface area contributed by atoms with Gasteiger partial charge in [0, 0.05) is 23.6 Å². The lowest BCUT2D eigenvalue weighted by atomic mass is 10.1. The van der Waals surface area contributed by atoms with Gasteiger partial charge in [-0.05, 0) is 67.3 Å². The summed E-state index contributed by atoms with van der Waals surface area (Å²) in [5.41, 5.74) is 3.52. The van der Waals surface area contributed by atoms with Crippen LogP contribution in [0.5, 0.6) is 11.5 Å². The summed E-state index contributed by atoms with van der Waals surface area (Å²) in [6, 6.07) is 9.38. The Morgan fingerprint density at radius 3 is 2.58 bits per heavy atom. The lowest BCUT2D eigenvalue weighted by Gasteiger charge is -2.13. The van der Waals surface area contributed by atoms with E-state index in [2.05, 4.69) is 0 Å². The van der Waals surface area contributed by atoms with Crippen LogP contribution in [0.3, 0.4) is 0 Å². The minimum atomic E-state index is -0.895. The van der Waals surface area contributed by atoms with Crippen molar-refractivity contribution in [1.82, 2.24) is 4.90 Å². The van der Waals surface area contributed by atoms with Crippen LogP contribution in [-0.2, 0) is 16.2 Å². The number of aryl methyl sites for hydroxylation is 2. The van der Waals surface area contributed by atoms with Crippen LogP contribution < -0.4 is 9.47 Å². The topological polar surface area (TPSA) is 76.1 Å². The average molecular weight is 506 g/mol. The standard InChI is InChI=1S/C24H24ClNO5S2/c1-14-9-18(10-15(2)22(14)25)31-13-17-11-16(6-7-19(17)30-3)12-20-23(29)26(24(32)33-20)8-4-5-21(27)28/h6-7,9-12H,4-5,8,13H2,1-3H3,(H,27,28)/b20-12-. The van der Waals surface area contributed by atoms with E-state index in [1.165, 1.54) is 16.7 Å². The maximum absolute atomic E-state index is 12.7. The van der Waals surface area contributed by atoms with Gasteiger partial charge >= 0.3 is 5.97 Å². The van der Waals surface area contributed by atoms with Crippen molar-refractivity contribution in [2.75, 3.05) is 13.7 Å². The highest BCUT2D eigenvalue weighted by Crippen LogP contribution is 2.34. The Bertz CT molecular complexity index is 1110. The van der Waals surface area contributed by atoms with Crippen molar-refractivity contribution in [1.29, 1.82) is 0 Å². The molecule has 2 aromatic carbocycles. The molecule has 0 bridgehead atoms. The summed E-state index contributed by atoms with van der Waals surface area (Å²) in [7, 11) is 1.59. The smallest absolute Gasteiger partial charge is 0.303 e. The summed E-state index contributed by atoms with van der Waals surface area (Å²) in [5.74, 6) is 0.281. The van der Waals surface area contributed by atoms with Gasteiger partial charge in [-0.3, -0.25) is 14.5 Å². The highest BCUT2D eigenvalue weighted by Gasteiger charge is 2.31. The Morgan fingerprint density at radius 1 is 1.24 bits per heavy atom. The quantitative estimate of drug-likeness (QED) is 0.350. The summed E-state index contributed by atoms with van der Waals surface area (Å²) in [5, 5.41) is 9.54. The SMILES string of the molecule is COc1ccc(/C=C2\SC(=S)N(CCCC(=O)O)C2=O)cc1COc1cc(C)c(Cl)c(C)c1. The number of carboxylic acid groups (broad SMARTS) is 1. The van der Waals surface area contributed by atoms with E-state index in [0.29, 0.717) is 27.1 Å². The summed E-state index contributed by atoms with van der Waals surface area (Å²) in [4.78, 5) is 25.4. The van der Waals surface area contributed by atoms with Crippen LogP contribution in [-0.4, -0.2) is 39.9 Å². The molecule has 9 heteroatoms. The largest absolute Gasteiger partial charge is 0.496 e. The molecule has 1 amide bonds. The molecule has 0 spiro atoms. The number of hydrogen-bond donors (Lipinski definition) is 1. The molecule has 2 aromatic rings. The minimum absolute atomic E-state index is 0.00931. The zero-order valence-corrected chi connectivity index (χ0v) is 20.9. The van der Waals surface area contributed by atoms with Crippen LogP contribution in [0.15, 0.2) is 35.2 Å². The van der Waals surface area contributed by atoms with Crippen molar-refractivity contribution in [2.45, 2.75) is 33.3 Å². The number of carbonyl (C=O) groups is 2. The number of nitrogens with zero attached hydrogens (tertiary/aromatic N) is 1. The second-order valence-electron chi connectivity index (χ2n) is 7.56. The van der Waals surface area contributed by atoms with Crippen LogP contribution >= 0.6 is 35.6 Å². The van der Waals surface area contributed by atoms with Gasteiger partial charge < -0.3 is 14.6 Å². The first-order valence-electron chi connectivity index (χ1n) is 10.2. The van der Waals surface area contributed by atoms with Crippen molar-refractivity contribution >= 4 is 57.9 Å². The number of methoxy groups -OCH3 is 1.